The van der Waals surface area contributed by atoms with E-state index in [2.05, 4.69) is 0 Å². The highest BCUT2D eigenvalue weighted by Gasteiger charge is 2.33. The molecule has 1 aromatic rings. The van der Waals surface area contributed by atoms with E-state index in [4.69, 9.17) is 0 Å². The van der Waals surface area contributed by atoms with Crippen molar-refractivity contribution in [2.24, 2.45) is 0 Å². The number of carbonyl (C=O) groups is 2. The summed E-state index contributed by atoms with van der Waals surface area (Å²) in [6, 6.07) is 6.85. The van der Waals surface area contributed by atoms with Crippen LogP contribution in [0.15, 0.2) is 24.3 Å². The third kappa shape index (κ3) is 3.16. The number of fused-ring (bicyclic) bond motifs is 1. The monoisotopic (exact) mass is 292 g/mol. The molecule has 114 valence electrons. The van der Waals surface area contributed by atoms with E-state index in [9.17, 15) is 19.8 Å². The zero-order valence-electron chi connectivity index (χ0n) is 12.2. The van der Waals surface area contributed by atoms with Gasteiger partial charge in [-0.25, -0.2) is 4.79 Å². The third-order valence-electron chi connectivity index (χ3n) is 3.64. The van der Waals surface area contributed by atoms with E-state index in [0.717, 1.165) is 0 Å². The van der Waals surface area contributed by atoms with Gasteiger partial charge in [0, 0.05) is 25.8 Å². The number of carbonyl (C=O) groups excluding carboxylic acids is 1. The Labute approximate surface area is 123 Å². The van der Waals surface area contributed by atoms with Gasteiger partial charge < -0.3 is 15.1 Å². The molecule has 6 heteroatoms. The van der Waals surface area contributed by atoms with Crippen LogP contribution in [0.1, 0.15) is 24.8 Å². The Morgan fingerprint density at radius 3 is 2.71 bits per heavy atom. The predicted molar refractivity (Wildman–Crippen MR) is 78.5 cm³/mol. The van der Waals surface area contributed by atoms with Crippen LogP contribution in [-0.4, -0.2) is 53.4 Å². The fourth-order valence-corrected chi connectivity index (χ4v) is 2.70. The highest BCUT2D eigenvalue weighted by Crippen LogP contribution is 2.35. The summed E-state index contributed by atoms with van der Waals surface area (Å²) < 4.78 is 0. The summed E-state index contributed by atoms with van der Waals surface area (Å²) in [7, 11) is 1.63. The molecule has 2 atom stereocenters. The van der Waals surface area contributed by atoms with Gasteiger partial charge in [0.2, 0.25) is 0 Å². The third-order valence-corrected chi connectivity index (χ3v) is 3.64. The molecule has 0 bridgehead atoms. The van der Waals surface area contributed by atoms with E-state index in [0.29, 0.717) is 24.2 Å². The predicted octanol–water partition coefficient (Wildman–Crippen LogP) is 1.50. The molecule has 2 N–H and O–H groups in total. The molecule has 0 saturated carbocycles. The fraction of sp³-hybridized carbons (Fsp3) is 0.467. The minimum absolute atomic E-state index is 0.229. The Bertz CT molecular complexity index is 544. The second kappa shape index (κ2) is 6.13. The van der Waals surface area contributed by atoms with Crippen LogP contribution in [0.5, 0.6) is 0 Å². The maximum atomic E-state index is 12.5. The number of carboxylic acids is 1. The van der Waals surface area contributed by atoms with Crippen molar-refractivity contribution >= 4 is 17.7 Å². The van der Waals surface area contributed by atoms with Crippen molar-refractivity contribution in [3.8, 4) is 0 Å². The summed E-state index contributed by atoms with van der Waals surface area (Å²) in [6.45, 7) is 2.21. The van der Waals surface area contributed by atoms with Gasteiger partial charge in [0.1, 0.15) is 0 Å². The number of amides is 2. The quantitative estimate of drug-likeness (QED) is 0.884. The molecule has 1 heterocycles. The summed E-state index contributed by atoms with van der Waals surface area (Å²) in [4.78, 5) is 26.8. The van der Waals surface area contributed by atoms with Gasteiger partial charge in [-0.05, 0) is 25.0 Å². The lowest BCUT2D eigenvalue weighted by Crippen LogP contribution is -2.46. The molecule has 21 heavy (non-hydrogen) atoms. The van der Waals surface area contributed by atoms with E-state index >= 15 is 0 Å². The molecular formula is C15H20N2O4. The van der Waals surface area contributed by atoms with Crippen LogP contribution in [0.4, 0.5) is 10.5 Å². The lowest BCUT2D eigenvalue weighted by Gasteiger charge is -2.35. The van der Waals surface area contributed by atoms with Gasteiger partial charge in [0.05, 0.1) is 12.0 Å². The lowest BCUT2D eigenvalue weighted by atomic mass is 9.90. The Kier molecular flexibility index (Phi) is 4.47. The molecule has 0 aliphatic carbocycles. The smallest absolute Gasteiger partial charge is 0.324 e. The van der Waals surface area contributed by atoms with Crippen LogP contribution in [0, 0.1) is 0 Å². The molecular weight excluding hydrogens is 272 g/mol. The Morgan fingerprint density at radius 2 is 2.10 bits per heavy atom. The summed E-state index contributed by atoms with van der Waals surface area (Å²) in [5.74, 6) is -1.45. The first kappa shape index (κ1) is 15.3. The highest BCUT2D eigenvalue weighted by molar-refractivity contribution is 5.95. The van der Waals surface area contributed by atoms with Gasteiger partial charge in [-0.3, -0.25) is 9.69 Å². The van der Waals surface area contributed by atoms with Crippen molar-refractivity contribution in [3.05, 3.63) is 29.8 Å². The number of para-hydroxylation sites is 1. The number of urea groups is 1. The summed E-state index contributed by atoms with van der Waals surface area (Å²) in [5.41, 5.74) is 1.30. The maximum Gasteiger partial charge on any atom is 0.324 e. The Hall–Kier alpha value is -2.08. The van der Waals surface area contributed by atoms with Crippen molar-refractivity contribution in [1.82, 2.24) is 4.90 Å². The molecule has 6 nitrogen and oxygen atoms in total. The number of anilines is 1. The van der Waals surface area contributed by atoms with Crippen molar-refractivity contribution in [1.29, 1.82) is 0 Å². The molecule has 0 saturated heterocycles. The molecule has 1 aliphatic heterocycles. The zero-order chi connectivity index (χ0) is 15.6. The van der Waals surface area contributed by atoms with Crippen LogP contribution in [0.25, 0.3) is 0 Å². The molecule has 1 aromatic carbocycles. The SMILES string of the molecule is CC(O)CN(C)C(=O)N1CCC(C(=O)O)c2ccccc21. The molecule has 1 aliphatic rings. The van der Waals surface area contributed by atoms with Crippen molar-refractivity contribution in [2.45, 2.75) is 25.4 Å². The number of aliphatic carboxylic acids is 1. The largest absolute Gasteiger partial charge is 0.481 e. The van der Waals surface area contributed by atoms with Gasteiger partial charge in [0.15, 0.2) is 0 Å². The number of hydrogen-bond donors (Lipinski definition) is 2. The van der Waals surface area contributed by atoms with E-state index in [1.165, 1.54) is 4.90 Å². The zero-order valence-corrected chi connectivity index (χ0v) is 12.2. The second-order valence-corrected chi connectivity index (χ2v) is 5.40. The summed E-state index contributed by atoms with van der Waals surface area (Å²) in [6.07, 6.45) is -0.216. The number of aliphatic hydroxyl groups is 1. The van der Waals surface area contributed by atoms with Gasteiger partial charge in [0.25, 0.3) is 0 Å². The summed E-state index contributed by atoms with van der Waals surface area (Å²) >= 11 is 0. The van der Waals surface area contributed by atoms with E-state index in [1.54, 1.807) is 43.1 Å². The number of likely N-dealkylation sites (N-methyl/N-ethyl adjacent to an activating group) is 1. The number of rotatable bonds is 3. The maximum absolute atomic E-state index is 12.5. The average Bonchev–Trinajstić information content (AvgIpc) is 2.44. The van der Waals surface area contributed by atoms with Crippen LogP contribution in [0.3, 0.4) is 0 Å². The van der Waals surface area contributed by atoms with Crippen LogP contribution >= 0.6 is 0 Å². The Morgan fingerprint density at radius 1 is 1.43 bits per heavy atom. The van der Waals surface area contributed by atoms with Crippen LogP contribution in [0.2, 0.25) is 0 Å². The van der Waals surface area contributed by atoms with Crippen molar-refractivity contribution < 1.29 is 19.8 Å². The van der Waals surface area contributed by atoms with Crippen LogP contribution in [-0.2, 0) is 4.79 Å². The molecule has 0 aromatic heterocycles. The number of nitrogens with zero attached hydrogens (tertiary/aromatic N) is 2. The van der Waals surface area contributed by atoms with Gasteiger partial charge in [-0.15, -0.1) is 0 Å². The highest BCUT2D eigenvalue weighted by atomic mass is 16.4. The number of carboxylic acid groups (broad SMARTS) is 1. The molecule has 0 spiro atoms. The minimum atomic E-state index is -0.869. The molecule has 2 unspecified atom stereocenters. The van der Waals surface area contributed by atoms with Crippen LogP contribution < -0.4 is 4.90 Å². The number of hydrogen-bond acceptors (Lipinski definition) is 3. The van der Waals surface area contributed by atoms with Crippen molar-refractivity contribution in [2.75, 3.05) is 25.0 Å². The van der Waals surface area contributed by atoms with Gasteiger partial charge >= 0.3 is 12.0 Å². The molecule has 2 rings (SSSR count). The van der Waals surface area contributed by atoms with E-state index in [-0.39, 0.29) is 12.6 Å². The topological polar surface area (TPSA) is 81.1 Å². The molecule has 2 amide bonds. The molecule has 0 fully saturated rings. The first-order valence-corrected chi connectivity index (χ1v) is 6.94. The summed E-state index contributed by atoms with van der Waals surface area (Å²) in [5, 5.41) is 18.7. The van der Waals surface area contributed by atoms with Crippen molar-refractivity contribution in [3.63, 3.8) is 0 Å². The van der Waals surface area contributed by atoms with E-state index in [1.807, 2.05) is 0 Å². The Balaban J connectivity index is 2.29. The minimum Gasteiger partial charge on any atom is -0.481 e. The first-order valence-electron chi connectivity index (χ1n) is 6.94. The fourth-order valence-electron chi connectivity index (χ4n) is 2.70. The van der Waals surface area contributed by atoms with E-state index < -0.39 is 18.0 Å². The number of aliphatic hydroxyl groups excluding tert-OH is 1. The second-order valence-electron chi connectivity index (χ2n) is 5.40. The average molecular weight is 292 g/mol. The van der Waals surface area contributed by atoms with Gasteiger partial charge in [-0.1, -0.05) is 18.2 Å². The lowest BCUT2D eigenvalue weighted by molar-refractivity contribution is -0.139. The first-order chi connectivity index (χ1) is 9.91. The standard InChI is InChI=1S/C15H20N2O4/c1-10(18)9-16(2)15(21)17-8-7-12(14(19)20)11-5-3-4-6-13(11)17/h3-6,10,12,18H,7-9H2,1-2H3,(H,19,20). The van der Waals surface area contributed by atoms with Gasteiger partial charge in [-0.2, -0.15) is 0 Å². The number of benzene rings is 1. The molecule has 0 radical (unpaired) electrons. The normalized spacial score (nSPS) is 18.8.